The lowest BCUT2D eigenvalue weighted by atomic mass is 9.79. The second-order valence-electron chi connectivity index (χ2n) is 6.77. The van der Waals surface area contributed by atoms with E-state index in [4.69, 9.17) is 5.11 Å². The summed E-state index contributed by atoms with van der Waals surface area (Å²) in [7, 11) is 0. The van der Waals surface area contributed by atoms with Crippen molar-refractivity contribution in [2.24, 2.45) is 11.8 Å². The van der Waals surface area contributed by atoms with Crippen molar-refractivity contribution in [1.82, 2.24) is 4.90 Å². The van der Waals surface area contributed by atoms with E-state index in [2.05, 4.69) is 6.92 Å². The van der Waals surface area contributed by atoms with Gasteiger partial charge in [0.2, 0.25) is 5.91 Å². The van der Waals surface area contributed by atoms with Crippen LogP contribution < -0.4 is 0 Å². The molecule has 21 heavy (non-hydrogen) atoms. The predicted octanol–water partition coefficient (Wildman–Crippen LogP) is 3.45. The second kappa shape index (κ2) is 7.81. The van der Waals surface area contributed by atoms with Gasteiger partial charge < -0.3 is 10.0 Å². The zero-order valence-corrected chi connectivity index (χ0v) is 13.2. The molecule has 0 aromatic heterocycles. The van der Waals surface area contributed by atoms with Gasteiger partial charge in [0.25, 0.3) is 0 Å². The standard InChI is InChI=1S/C17H29NO3/c1-2-3-4-13-5-7-14(8-6-13)17(21)18(15-9-10-15)12-11-16(19)20/h13-15H,2-12H2,1H3,(H,19,20). The van der Waals surface area contributed by atoms with Crippen molar-refractivity contribution in [1.29, 1.82) is 0 Å². The van der Waals surface area contributed by atoms with Crippen LogP contribution >= 0.6 is 0 Å². The summed E-state index contributed by atoms with van der Waals surface area (Å²) in [5, 5.41) is 8.84. The van der Waals surface area contributed by atoms with Crippen molar-refractivity contribution in [3.63, 3.8) is 0 Å². The Kier molecular flexibility index (Phi) is 6.07. The third-order valence-electron chi connectivity index (χ3n) is 5.00. The molecule has 0 radical (unpaired) electrons. The van der Waals surface area contributed by atoms with Gasteiger partial charge in [0.15, 0.2) is 0 Å². The van der Waals surface area contributed by atoms with E-state index >= 15 is 0 Å². The number of amides is 1. The summed E-state index contributed by atoms with van der Waals surface area (Å²) < 4.78 is 0. The minimum Gasteiger partial charge on any atom is -0.481 e. The molecule has 2 rings (SSSR count). The smallest absolute Gasteiger partial charge is 0.305 e. The Balaban J connectivity index is 1.80. The number of hydrogen-bond donors (Lipinski definition) is 1. The molecule has 0 spiro atoms. The number of hydrogen-bond acceptors (Lipinski definition) is 2. The zero-order valence-electron chi connectivity index (χ0n) is 13.2. The Bertz CT molecular complexity index is 357. The quantitative estimate of drug-likeness (QED) is 0.746. The minimum atomic E-state index is -0.809. The number of rotatable bonds is 8. The summed E-state index contributed by atoms with van der Waals surface area (Å²) in [5.74, 6) is 0.379. The molecule has 2 saturated carbocycles. The third kappa shape index (κ3) is 5.01. The van der Waals surface area contributed by atoms with Gasteiger partial charge in [-0.1, -0.05) is 26.2 Å². The fourth-order valence-electron chi connectivity index (χ4n) is 3.50. The SMILES string of the molecule is CCCCC1CCC(C(=O)N(CCC(=O)O)C2CC2)CC1. The maximum Gasteiger partial charge on any atom is 0.305 e. The molecule has 2 aliphatic carbocycles. The summed E-state index contributed by atoms with van der Waals surface area (Å²) in [6.45, 7) is 2.62. The molecule has 0 aromatic rings. The van der Waals surface area contributed by atoms with Crippen LogP contribution in [0, 0.1) is 11.8 Å². The molecule has 2 aliphatic rings. The van der Waals surface area contributed by atoms with E-state index in [-0.39, 0.29) is 18.2 Å². The lowest BCUT2D eigenvalue weighted by Crippen LogP contribution is -2.40. The van der Waals surface area contributed by atoms with Gasteiger partial charge >= 0.3 is 5.97 Å². The highest BCUT2D eigenvalue weighted by molar-refractivity contribution is 5.80. The summed E-state index contributed by atoms with van der Waals surface area (Å²) in [5.41, 5.74) is 0. The first-order valence-electron chi connectivity index (χ1n) is 8.64. The summed E-state index contributed by atoms with van der Waals surface area (Å²) in [6, 6.07) is 0.328. The fourth-order valence-corrected chi connectivity index (χ4v) is 3.50. The van der Waals surface area contributed by atoms with Crippen LogP contribution in [0.1, 0.15) is 71.1 Å². The van der Waals surface area contributed by atoms with Crippen LogP contribution in [0.15, 0.2) is 0 Å². The fraction of sp³-hybridized carbons (Fsp3) is 0.882. The maximum atomic E-state index is 12.6. The number of carboxylic acid groups (broad SMARTS) is 1. The van der Waals surface area contributed by atoms with Gasteiger partial charge in [-0.15, -0.1) is 0 Å². The van der Waals surface area contributed by atoms with Crippen LogP contribution in [0.25, 0.3) is 0 Å². The Morgan fingerprint density at radius 2 is 1.76 bits per heavy atom. The Morgan fingerprint density at radius 3 is 2.29 bits per heavy atom. The van der Waals surface area contributed by atoms with Crippen LogP contribution in [-0.4, -0.2) is 34.5 Å². The lowest BCUT2D eigenvalue weighted by Gasteiger charge is -2.32. The van der Waals surface area contributed by atoms with E-state index in [9.17, 15) is 9.59 Å². The van der Waals surface area contributed by atoms with Gasteiger partial charge in [0.1, 0.15) is 0 Å². The van der Waals surface area contributed by atoms with Crippen LogP contribution in [0.5, 0.6) is 0 Å². The van der Waals surface area contributed by atoms with E-state index in [1.807, 2.05) is 4.90 Å². The Hall–Kier alpha value is -1.06. The molecular formula is C17H29NO3. The van der Waals surface area contributed by atoms with Gasteiger partial charge in [0, 0.05) is 18.5 Å². The van der Waals surface area contributed by atoms with E-state index in [1.165, 1.54) is 32.1 Å². The average Bonchev–Trinajstić information content (AvgIpc) is 3.30. The normalized spacial score (nSPS) is 25.6. The highest BCUT2D eigenvalue weighted by atomic mass is 16.4. The molecule has 0 unspecified atom stereocenters. The minimum absolute atomic E-state index is 0.0775. The van der Waals surface area contributed by atoms with Crippen molar-refractivity contribution in [2.75, 3.05) is 6.54 Å². The highest BCUT2D eigenvalue weighted by Gasteiger charge is 2.37. The molecule has 0 atom stereocenters. The predicted molar refractivity (Wildman–Crippen MR) is 82.0 cm³/mol. The molecule has 4 nitrogen and oxygen atoms in total. The summed E-state index contributed by atoms with van der Waals surface area (Å²) in [6.07, 6.45) is 10.4. The number of aliphatic carboxylic acids is 1. The van der Waals surface area contributed by atoms with E-state index in [0.29, 0.717) is 12.6 Å². The molecular weight excluding hydrogens is 266 g/mol. The van der Waals surface area contributed by atoms with Gasteiger partial charge in [-0.2, -0.15) is 0 Å². The molecule has 1 N–H and O–H groups in total. The topological polar surface area (TPSA) is 57.6 Å². The molecule has 0 saturated heterocycles. The van der Waals surface area contributed by atoms with Crippen molar-refractivity contribution < 1.29 is 14.7 Å². The van der Waals surface area contributed by atoms with Crippen LogP contribution in [-0.2, 0) is 9.59 Å². The van der Waals surface area contributed by atoms with Gasteiger partial charge in [0.05, 0.1) is 6.42 Å². The van der Waals surface area contributed by atoms with Gasteiger partial charge in [-0.25, -0.2) is 0 Å². The third-order valence-corrected chi connectivity index (χ3v) is 5.00. The number of carbonyl (C=O) groups excluding carboxylic acids is 1. The molecule has 0 aromatic carbocycles. The molecule has 4 heteroatoms. The Morgan fingerprint density at radius 1 is 1.10 bits per heavy atom. The molecule has 120 valence electrons. The van der Waals surface area contributed by atoms with Crippen LogP contribution in [0.4, 0.5) is 0 Å². The number of nitrogens with zero attached hydrogens (tertiary/aromatic N) is 1. The molecule has 0 heterocycles. The first kappa shape index (κ1) is 16.3. The first-order valence-corrected chi connectivity index (χ1v) is 8.64. The summed E-state index contributed by atoms with van der Waals surface area (Å²) in [4.78, 5) is 25.3. The van der Waals surface area contributed by atoms with Crippen LogP contribution in [0.2, 0.25) is 0 Å². The highest BCUT2D eigenvalue weighted by Crippen LogP contribution is 2.35. The zero-order chi connectivity index (χ0) is 15.2. The lowest BCUT2D eigenvalue weighted by molar-refractivity contribution is -0.140. The second-order valence-corrected chi connectivity index (χ2v) is 6.77. The molecule has 0 aliphatic heterocycles. The summed E-state index contributed by atoms with van der Waals surface area (Å²) >= 11 is 0. The van der Waals surface area contributed by atoms with E-state index < -0.39 is 5.97 Å². The van der Waals surface area contributed by atoms with Crippen molar-refractivity contribution in [3.05, 3.63) is 0 Å². The van der Waals surface area contributed by atoms with Gasteiger partial charge in [-0.05, 0) is 44.4 Å². The number of carboxylic acids is 1. The molecule has 0 bridgehead atoms. The van der Waals surface area contributed by atoms with E-state index in [0.717, 1.165) is 31.6 Å². The number of carbonyl (C=O) groups is 2. The molecule has 1 amide bonds. The maximum absolute atomic E-state index is 12.6. The van der Waals surface area contributed by atoms with Gasteiger partial charge in [-0.3, -0.25) is 9.59 Å². The van der Waals surface area contributed by atoms with E-state index in [1.54, 1.807) is 0 Å². The van der Waals surface area contributed by atoms with Crippen molar-refractivity contribution >= 4 is 11.9 Å². The monoisotopic (exact) mass is 295 g/mol. The first-order chi connectivity index (χ1) is 10.1. The largest absolute Gasteiger partial charge is 0.481 e. The van der Waals surface area contributed by atoms with Crippen molar-refractivity contribution in [2.45, 2.75) is 77.2 Å². The molecule has 2 fully saturated rings. The average molecular weight is 295 g/mol. The van der Waals surface area contributed by atoms with Crippen LogP contribution in [0.3, 0.4) is 0 Å². The van der Waals surface area contributed by atoms with Crippen molar-refractivity contribution in [3.8, 4) is 0 Å². The number of unbranched alkanes of at least 4 members (excludes halogenated alkanes) is 1. The Labute approximate surface area is 127 Å².